The molecule has 136 valence electrons. The first-order valence-corrected chi connectivity index (χ1v) is 8.20. The van der Waals surface area contributed by atoms with Crippen molar-refractivity contribution in [3.05, 3.63) is 35.9 Å². The average molecular weight is 348 g/mol. The number of nitrogens with zero attached hydrogens (tertiary/aromatic N) is 1. The molecule has 1 N–H and O–H groups in total. The monoisotopic (exact) mass is 348 g/mol. The maximum absolute atomic E-state index is 12.2. The number of hydrogen-bond acceptors (Lipinski definition) is 5. The molecule has 1 fully saturated rings. The van der Waals surface area contributed by atoms with E-state index >= 15 is 0 Å². The second-order valence-electron chi connectivity index (χ2n) is 7.01. The van der Waals surface area contributed by atoms with Crippen LogP contribution in [0.4, 0.5) is 9.59 Å². The van der Waals surface area contributed by atoms with Gasteiger partial charge < -0.3 is 14.8 Å². The number of hydrogen-bond donors (Lipinski definition) is 1. The van der Waals surface area contributed by atoms with E-state index in [1.807, 2.05) is 30.3 Å². The summed E-state index contributed by atoms with van der Waals surface area (Å²) in [5.41, 5.74) is 0.236. The first-order chi connectivity index (χ1) is 11.7. The van der Waals surface area contributed by atoms with Crippen molar-refractivity contribution in [3.8, 4) is 0 Å². The zero-order valence-electron chi connectivity index (χ0n) is 14.8. The van der Waals surface area contributed by atoms with Crippen LogP contribution in [0.15, 0.2) is 30.3 Å². The van der Waals surface area contributed by atoms with Crippen molar-refractivity contribution in [1.29, 1.82) is 0 Å². The third-order valence-corrected chi connectivity index (χ3v) is 3.47. The highest BCUT2D eigenvalue weighted by molar-refractivity contribution is 5.86. The molecule has 7 nitrogen and oxygen atoms in total. The molecule has 0 aliphatic carbocycles. The number of rotatable bonds is 3. The Balaban J connectivity index is 1.87. The number of carbonyl (C=O) groups excluding carboxylic acids is 3. The number of ketones is 1. The molecule has 1 heterocycles. The lowest BCUT2D eigenvalue weighted by molar-refractivity contribution is -0.122. The second-order valence-corrected chi connectivity index (χ2v) is 7.01. The van der Waals surface area contributed by atoms with Crippen molar-refractivity contribution in [2.45, 2.75) is 45.4 Å². The number of nitrogens with one attached hydrogen (secondary N) is 1. The minimum atomic E-state index is -0.628. The van der Waals surface area contributed by atoms with Crippen LogP contribution in [0.5, 0.6) is 0 Å². The number of likely N-dealkylation sites (tertiary alicyclic amines) is 1. The second kappa shape index (κ2) is 8.00. The number of amides is 2. The van der Waals surface area contributed by atoms with Gasteiger partial charge in [-0.25, -0.2) is 9.59 Å². The molecule has 0 saturated carbocycles. The molecule has 0 unspecified atom stereocenters. The minimum Gasteiger partial charge on any atom is -0.445 e. The van der Waals surface area contributed by atoms with Crippen LogP contribution in [-0.4, -0.2) is 47.6 Å². The van der Waals surface area contributed by atoms with Gasteiger partial charge in [-0.3, -0.25) is 9.69 Å². The van der Waals surface area contributed by atoms with Gasteiger partial charge >= 0.3 is 12.2 Å². The van der Waals surface area contributed by atoms with E-state index in [4.69, 9.17) is 9.47 Å². The predicted molar refractivity (Wildman–Crippen MR) is 91.0 cm³/mol. The Bertz CT molecular complexity index is 624. The Kier molecular flexibility index (Phi) is 6.01. The normalized spacial score (nSPS) is 17.8. The Hall–Kier alpha value is -2.57. The molecule has 2 rings (SSSR count). The van der Waals surface area contributed by atoms with Gasteiger partial charge in [0.2, 0.25) is 0 Å². The maximum Gasteiger partial charge on any atom is 0.410 e. The molecule has 2 amide bonds. The van der Waals surface area contributed by atoms with Gasteiger partial charge in [-0.05, 0) is 26.3 Å². The molecular formula is C18H24N2O5. The molecule has 1 aromatic rings. The fourth-order valence-electron chi connectivity index (χ4n) is 2.47. The van der Waals surface area contributed by atoms with E-state index in [1.165, 1.54) is 4.90 Å². The first kappa shape index (κ1) is 18.8. The minimum absolute atomic E-state index is 0.0138. The highest BCUT2D eigenvalue weighted by Gasteiger charge is 2.31. The summed E-state index contributed by atoms with van der Waals surface area (Å²) in [5.74, 6) is -0.135. The van der Waals surface area contributed by atoms with Gasteiger partial charge in [0.1, 0.15) is 12.2 Å². The Labute approximate surface area is 147 Å². The van der Waals surface area contributed by atoms with Crippen molar-refractivity contribution in [2.75, 3.05) is 13.1 Å². The summed E-state index contributed by atoms with van der Waals surface area (Å²) in [4.78, 5) is 37.2. The fraction of sp³-hybridized carbons (Fsp3) is 0.500. The molecule has 0 radical (unpaired) electrons. The summed E-state index contributed by atoms with van der Waals surface area (Å²) in [5, 5.41) is 2.63. The predicted octanol–water partition coefficient (Wildman–Crippen LogP) is 2.49. The van der Waals surface area contributed by atoms with E-state index in [1.54, 1.807) is 20.8 Å². The van der Waals surface area contributed by atoms with Crippen molar-refractivity contribution in [3.63, 3.8) is 0 Å². The fourth-order valence-corrected chi connectivity index (χ4v) is 2.47. The summed E-state index contributed by atoms with van der Waals surface area (Å²) >= 11 is 0. The average Bonchev–Trinajstić information content (AvgIpc) is 2.51. The molecule has 0 spiro atoms. The van der Waals surface area contributed by atoms with Crippen molar-refractivity contribution in [2.24, 2.45) is 0 Å². The highest BCUT2D eigenvalue weighted by atomic mass is 16.6. The summed E-state index contributed by atoms with van der Waals surface area (Å²) in [7, 11) is 0. The lowest BCUT2D eigenvalue weighted by Gasteiger charge is -2.32. The van der Waals surface area contributed by atoms with E-state index in [9.17, 15) is 14.4 Å². The van der Waals surface area contributed by atoms with E-state index in [-0.39, 0.29) is 31.9 Å². The number of carbonyl (C=O) groups is 3. The van der Waals surface area contributed by atoms with Crippen molar-refractivity contribution in [1.82, 2.24) is 10.2 Å². The Morgan fingerprint density at radius 2 is 1.92 bits per heavy atom. The smallest absolute Gasteiger partial charge is 0.410 e. The van der Waals surface area contributed by atoms with Gasteiger partial charge in [-0.2, -0.15) is 0 Å². The standard InChI is InChI=1S/C18H24N2O5/c1-18(2,3)25-16(22)19-14-9-15(21)11-20(10-14)17(23)24-12-13-7-5-4-6-8-13/h4-8,14H,9-12H2,1-3H3,(H,19,22)/t14-/m0/s1. The van der Waals surface area contributed by atoms with Gasteiger partial charge in [0.15, 0.2) is 5.78 Å². The number of ether oxygens (including phenoxy) is 2. The lowest BCUT2D eigenvalue weighted by atomic mass is 10.1. The van der Waals surface area contributed by atoms with E-state index in [0.29, 0.717) is 0 Å². The molecule has 1 atom stereocenters. The van der Waals surface area contributed by atoms with Crippen LogP contribution in [-0.2, 0) is 20.9 Å². The summed E-state index contributed by atoms with van der Waals surface area (Å²) in [6, 6.07) is 8.80. The van der Waals surface area contributed by atoms with Gasteiger partial charge in [0.25, 0.3) is 0 Å². The number of benzene rings is 1. The van der Waals surface area contributed by atoms with E-state index in [0.717, 1.165) is 5.56 Å². The SMILES string of the molecule is CC(C)(C)OC(=O)N[C@H]1CC(=O)CN(C(=O)OCc2ccccc2)C1. The van der Waals surface area contributed by atoms with Gasteiger partial charge in [-0.15, -0.1) is 0 Å². The van der Waals surface area contributed by atoms with Crippen LogP contribution in [0.1, 0.15) is 32.8 Å². The maximum atomic E-state index is 12.2. The summed E-state index contributed by atoms with van der Waals surface area (Å²) in [6.45, 7) is 5.59. The molecule has 1 saturated heterocycles. The lowest BCUT2D eigenvalue weighted by Crippen LogP contribution is -2.53. The molecule has 7 heteroatoms. The number of piperidine rings is 1. The van der Waals surface area contributed by atoms with Gasteiger partial charge in [-0.1, -0.05) is 30.3 Å². The van der Waals surface area contributed by atoms with E-state index in [2.05, 4.69) is 5.32 Å². The Morgan fingerprint density at radius 1 is 1.24 bits per heavy atom. The highest BCUT2D eigenvalue weighted by Crippen LogP contribution is 2.12. The topological polar surface area (TPSA) is 84.9 Å². The van der Waals surface area contributed by atoms with Crippen LogP contribution in [0.2, 0.25) is 0 Å². The van der Waals surface area contributed by atoms with Gasteiger partial charge in [0.05, 0.1) is 12.6 Å². The number of alkyl carbamates (subject to hydrolysis) is 1. The molecule has 0 bridgehead atoms. The quantitative estimate of drug-likeness (QED) is 0.907. The van der Waals surface area contributed by atoms with Crippen molar-refractivity contribution >= 4 is 18.0 Å². The molecule has 1 aliphatic heterocycles. The largest absolute Gasteiger partial charge is 0.445 e. The van der Waals surface area contributed by atoms with Crippen LogP contribution >= 0.6 is 0 Å². The molecular weight excluding hydrogens is 324 g/mol. The molecule has 1 aliphatic rings. The third kappa shape index (κ3) is 6.45. The third-order valence-electron chi connectivity index (χ3n) is 3.47. The van der Waals surface area contributed by atoms with Crippen molar-refractivity contribution < 1.29 is 23.9 Å². The summed E-state index contributed by atoms with van der Waals surface area (Å²) in [6.07, 6.45) is -1.01. The molecule has 0 aromatic heterocycles. The zero-order chi connectivity index (χ0) is 18.4. The van der Waals surface area contributed by atoms with E-state index < -0.39 is 23.8 Å². The van der Waals surface area contributed by atoms with Gasteiger partial charge in [0, 0.05) is 13.0 Å². The van der Waals surface area contributed by atoms with Crippen LogP contribution in [0, 0.1) is 0 Å². The number of Topliss-reactive ketones (excluding diaryl/α,β-unsaturated/α-hetero) is 1. The Morgan fingerprint density at radius 3 is 2.56 bits per heavy atom. The van der Waals surface area contributed by atoms with Crippen LogP contribution in [0.3, 0.4) is 0 Å². The molecule has 25 heavy (non-hydrogen) atoms. The summed E-state index contributed by atoms with van der Waals surface area (Å²) < 4.78 is 10.4. The molecule has 1 aromatic carbocycles. The first-order valence-electron chi connectivity index (χ1n) is 8.20. The zero-order valence-corrected chi connectivity index (χ0v) is 14.8. The van der Waals surface area contributed by atoms with Crippen LogP contribution in [0.25, 0.3) is 0 Å². The van der Waals surface area contributed by atoms with Crippen LogP contribution < -0.4 is 5.32 Å².